The van der Waals surface area contributed by atoms with Crippen molar-refractivity contribution in [3.8, 4) is 11.3 Å². The fourth-order valence-electron chi connectivity index (χ4n) is 4.07. The summed E-state index contributed by atoms with van der Waals surface area (Å²) in [5.74, 6) is 2.01. The van der Waals surface area contributed by atoms with Crippen LogP contribution in [0.2, 0.25) is 0 Å². The molecule has 4 nitrogen and oxygen atoms in total. The van der Waals surface area contributed by atoms with E-state index < -0.39 is 0 Å². The molecular weight excluding hydrogens is 306 g/mol. The standard InChI is InChI=1S/C18H21N3OS/c22-18(15-10-12-1-2-14(15)9-12)20-8-5-17-21-16(11-23-17)13-3-6-19-7-4-13/h3-4,6-7,11-12,14-15H,1-2,5,8-10H2,(H,20,22). The van der Waals surface area contributed by atoms with E-state index in [4.69, 9.17) is 0 Å². The third-order valence-electron chi connectivity index (χ3n) is 5.24. The molecule has 23 heavy (non-hydrogen) atoms. The maximum Gasteiger partial charge on any atom is 0.223 e. The number of carbonyl (C=O) groups excluding carboxylic acids is 1. The van der Waals surface area contributed by atoms with Crippen molar-refractivity contribution in [1.82, 2.24) is 15.3 Å². The molecule has 120 valence electrons. The molecule has 2 bridgehead atoms. The molecule has 4 rings (SSSR count). The number of thiazole rings is 1. The van der Waals surface area contributed by atoms with Crippen LogP contribution in [0.5, 0.6) is 0 Å². The van der Waals surface area contributed by atoms with Crippen LogP contribution in [0.4, 0.5) is 0 Å². The summed E-state index contributed by atoms with van der Waals surface area (Å²) in [6, 6.07) is 3.94. The second kappa shape index (κ2) is 6.40. The van der Waals surface area contributed by atoms with Crippen molar-refractivity contribution >= 4 is 17.2 Å². The summed E-state index contributed by atoms with van der Waals surface area (Å²) in [5, 5.41) is 6.27. The Morgan fingerprint density at radius 2 is 2.13 bits per heavy atom. The van der Waals surface area contributed by atoms with Crippen LogP contribution >= 0.6 is 11.3 Å². The number of rotatable bonds is 5. The van der Waals surface area contributed by atoms with Gasteiger partial charge in [-0.1, -0.05) is 6.42 Å². The first kappa shape index (κ1) is 14.8. The Kier molecular flexibility index (Phi) is 4.12. The number of pyridine rings is 1. The number of aromatic nitrogens is 2. The van der Waals surface area contributed by atoms with Crippen LogP contribution in [0, 0.1) is 17.8 Å². The predicted molar refractivity (Wildman–Crippen MR) is 91.0 cm³/mol. The fourth-order valence-corrected chi connectivity index (χ4v) is 4.88. The highest BCUT2D eigenvalue weighted by molar-refractivity contribution is 7.09. The van der Waals surface area contributed by atoms with E-state index in [1.165, 1.54) is 19.3 Å². The van der Waals surface area contributed by atoms with Gasteiger partial charge in [0.25, 0.3) is 0 Å². The highest BCUT2D eigenvalue weighted by Gasteiger charge is 2.42. The molecule has 2 aromatic rings. The predicted octanol–water partition coefficient (Wildman–Crippen LogP) is 3.30. The minimum Gasteiger partial charge on any atom is -0.355 e. The van der Waals surface area contributed by atoms with Gasteiger partial charge in [0.2, 0.25) is 5.91 Å². The number of nitrogens with zero attached hydrogens (tertiary/aromatic N) is 2. The van der Waals surface area contributed by atoms with Gasteiger partial charge < -0.3 is 5.32 Å². The van der Waals surface area contributed by atoms with E-state index in [1.807, 2.05) is 12.1 Å². The molecule has 2 heterocycles. The Labute approximate surface area is 140 Å². The van der Waals surface area contributed by atoms with Crippen LogP contribution in [0.1, 0.15) is 30.7 Å². The van der Waals surface area contributed by atoms with E-state index in [1.54, 1.807) is 23.7 Å². The van der Waals surface area contributed by atoms with Gasteiger partial charge in [-0.25, -0.2) is 4.98 Å². The van der Waals surface area contributed by atoms with Gasteiger partial charge in [0.05, 0.1) is 10.7 Å². The summed E-state index contributed by atoms with van der Waals surface area (Å²) in [5.41, 5.74) is 2.08. The van der Waals surface area contributed by atoms with Crippen molar-refractivity contribution in [2.45, 2.75) is 32.1 Å². The minimum atomic E-state index is 0.267. The lowest BCUT2D eigenvalue weighted by atomic mass is 9.88. The molecule has 3 unspecified atom stereocenters. The van der Waals surface area contributed by atoms with Crippen molar-refractivity contribution < 1.29 is 4.79 Å². The van der Waals surface area contributed by atoms with Crippen molar-refractivity contribution in [1.29, 1.82) is 0 Å². The first-order chi connectivity index (χ1) is 11.3. The summed E-state index contributed by atoms with van der Waals surface area (Å²) in [6.45, 7) is 0.690. The molecular formula is C18H21N3OS. The number of nitrogens with one attached hydrogen (secondary N) is 1. The molecule has 0 saturated heterocycles. The van der Waals surface area contributed by atoms with E-state index in [9.17, 15) is 4.79 Å². The number of fused-ring (bicyclic) bond motifs is 2. The first-order valence-corrected chi connectivity index (χ1v) is 9.30. The van der Waals surface area contributed by atoms with E-state index in [2.05, 4.69) is 20.7 Å². The second-order valence-corrected chi connectivity index (χ2v) is 7.63. The summed E-state index contributed by atoms with van der Waals surface area (Å²) in [4.78, 5) is 21.0. The third-order valence-corrected chi connectivity index (χ3v) is 6.15. The maximum absolute atomic E-state index is 12.3. The molecule has 2 aliphatic carbocycles. The Morgan fingerprint density at radius 3 is 2.87 bits per heavy atom. The van der Waals surface area contributed by atoms with E-state index in [-0.39, 0.29) is 11.8 Å². The monoisotopic (exact) mass is 327 g/mol. The zero-order valence-corrected chi connectivity index (χ0v) is 13.9. The van der Waals surface area contributed by atoms with Crippen LogP contribution in [0.15, 0.2) is 29.9 Å². The molecule has 0 radical (unpaired) electrons. The summed E-state index contributed by atoms with van der Waals surface area (Å²) in [6.07, 6.45) is 9.35. The highest BCUT2D eigenvalue weighted by Crippen LogP contribution is 2.48. The molecule has 5 heteroatoms. The van der Waals surface area contributed by atoms with Gasteiger partial charge in [0.15, 0.2) is 0 Å². The molecule has 0 aromatic carbocycles. The average molecular weight is 327 g/mol. The second-order valence-electron chi connectivity index (χ2n) is 6.68. The first-order valence-electron chi connectivity index (χ1n) is 8.42. The number of hydrogen-bond donors (Lipinski definition) is 1. The Bertz CT molecular complexity index is 685. The van der Waals surface area contributed by atoms with E-state index in [0.717, 1.165) is 35.0 Å². The zero-order valence-electron chi connectivity index (χ0n) is 13.1. The average Bonchev–Trinajstić information content (AvgIpc) is 3.32. The number of hydrogen-bond acceptors (Lipinski definition) is 4. The molecule has 1 N–H and O–H groups in total. The van der Waals surface area contributed by atoms with Crippen LogP contribution in [0.3, 0.4) is 0 Å². The summed E-state index contributed by atoms with van der Waals surface area (Å²) < 4.78 is 0. The lowest BCUT2D eigenvalue weighted by Gasteiger charge is -2.20. The lowest BCUT2D eigenvalue weighted by Crippen LogP contribution is -2.34. The van der Waals surface area contributed by atoms with Crippen molar-refractivity contribution in [2.75, 3.05) is 6.54 Å². The van der Waals surface area contributed by atoms with Gasteiger partial charge in [0.1, 0.15) is 0 Å². The van der Waals surface area contributed by atoms with Gasteiger partial charge in [0, 0.05) is 42.2 Å². The van der Waals surface area contributed by atoms with Crippen molar-refractivity contribution in [3.05, 3.63) is 34.9 Å². The fraction of sp³-hybridized carbons (Fsp3) is 0.500. The molecule has 2 aromatic heterocycles. The lowest BCUT2D eigenvalue weighted by molar-refractivity contribution is -0.126. The van der Waals surface area contributed by atoms with Gasteiger partial charge >= 0.3 is 0 Å². The summed E-state index contributed by atoms with van der Waals surface area (Å²) >= 11 is 1.66. The normalized spacial score (nSPS) is 25.7. The Hall–Kier alpha value is -1.75. The molecule has 2 fully saturated rings. The van der Waals surface area contributed by atoms with Crippen molar-refractivity contribution in [2.24, 2.45) is 17.8 Å². The van der Waals surface area contributed by atoms with Crippen LogP contribution in [0.25, 0.3) is 11.3 Å². The Morgan fingerprint density at radius 1 is 1.26 bits per heavy atom. The molecule has 2 saturated carbocycles. The van der Waals surface area contributed by atoms with Gasteiger partial charge in [-0.3, -0.25) is 9.78 Å². The van der Waals surface area contributed by atoms with Crippen LogP contribution in [-0.4, -0.2) is 22.4 Å². The topological polar surface area (TPSA) is 54.9 Å². The van der Waals surface area contributed by atoms with E-state index in [0.29, 0.717) is 12.5 Å². The number of amides is 1. The zero-order chi connectivity index (χ0) is 15.6. The van der Waals surface area contributed by atoms with Crippen molar-refractivity contribution in [3.63, 3.8) is 0 Å². The quantitative estimate of drug-likeness (QED) is 0.917. The van der Waals surface area contributed by atoms with Gasteiger partial charge in [-0.2, -0.15) is 0 Å². The molecule has 0 spiro atoms. The SMILES string of the molecule is O=C(NCCc1nc(-c2ccncc2)cs1)C1CC2CCC1C2. The number of carbonyl (C=O) groups is 1. The highest BCUT2D eigenvalue weighted by atomic mass is 32.1. The van der Waals surface area contributed by atoms with Gasteiger partial charge in [-0.15, -0.1) is 11.3 Å². The van der Waals surface area contributed by atoms with Gasteiger partial charge in [-0.05, 0) is 43.2 Å². The third kappa shape index (κ3) is 3.15. The van der Waals surface area contributed by atoms with Crippen LogP contribution < -0.4 is 5.32 Å². The minimum absolute atomic E-state index is 0.267. The Balaban J connectivity index is 1.28. The molecule has 0 aliphatic heterocycles. The molecule has 2 aliphatic rings. The van der Waals surface area contributed by atoms with Crippen LogP contribution in [-0.2, 0) is 11.2 Å². The summed E-state index contributed by atoms with van der Waals surface area (Å²) in [7, 11) is 0. The smallest absolute Gasteiger partial charge is 0.223 e. The van der Waals surface area contributed by atoms with E-state index >= 15 is 0 Å². The maximum atomic E-state index is 12.3. The largest absolute Gasteiger partial charge is 0.355 e. The molecule has 1 amide bonds. The molecule has 3 atom stereocenters.